The fourth-order valence-electron chi connectivity index (χ4n) is 3.02. The molecule has 3 heterocycles. The zero-order valence-electron chi connectivity index (χ0n) is 14.6. The van der Waals surface area contributed by atoms with Crippen LogP contribution in [0.1, 0.15) is 58.3 Å². The zero-order chi connectivity index (χ0) is 18.2. The zero-order valence-corrected chi connectivity index (χ0v) is 17.0. The number of aromatic nitrogens is 2. The maximum Gasteiger partial charge on any atom is 0.410 e. The lowest BCUT2D eigenvalue weighted by Gasteiger charge is -2.31. The second-order valence-electron chi connectivity index (χ2n) is 7.25. The van der Waals surface area contributed by atoms with Crippen molar-refractivity contribution in [1.82, 2.24) is 14.9 Å². The quantitative estimate of drug-likeness (QED) is 0.721. The van der Waals surface area contributed by atoms with Gasteiger partial charge in [-0.25, -0.2) is 9.78 Å². The number of hydrogen-bond acceptors (Lipinski definition) is 5. The first-order valence-corrected chi connectivity index (χ1v) is 10.0. The average molecular weight is 428 g/mol. The summed E-state index contributed by atoms with van der Waals surface area (Å²) >= 11 is 4.76. The number of amides is 1. The molecule has 0 bridgehead atoms. The summed E-state index contributed by atoms with van der Waals surface area (Å²) in [7, 11) is 0. The Labute approximate surface area is 158 Å². The summed E-state index contributed by atoms with van der Waals surface area (Å²) in [6.07, 6.45) is 3.37. The van der Waals surface area contributed by atoms with E-state index in [2.05, 4.69) is 25.9 Å². The van der Waals surface area contributed by atoms with Gasteiger partial charge in [-0.2, -0.15) is 0 Å². The van der Waals surface area contributed by atoms with Crippen LogP contribution in [0.2, 0.25) is 0 Å². The molecule has 1 unspecified atom stereocenters. The molecule has 0 aromatic carbocycles. The number of fused-ring (bicyclic) bond motifs is 1. The Morgan fingerprint density at radius 1 is 1.40 bits per heavy atom. The number of carbonyl (C=O) groups is 1. The third-order valence-corrected chi connectivity index (χ3v) is 5.69. The van der Waals surface area contributed by atoms with Crippen LogP contribution >= 0.6 is 27.3 Å². The van der Waals surface area contributed by atoms with Crippen molar-refractivity contribution in [1.29, 1.82) is 0 Å². The molecule has 1 aliphatic heterocycles. The van der Waals surface area contributed by atoms with Crippen LogP contribution in [0.4, 0.5) is 4.79 Å². The van der Waals surface area contributed by atoms with Crippen LogP contribution in [-0.2, 0) is 4.74 Å². The predicted octanol–water partition coefficient (Wildman–Crippen LogP) is 4.60. The third-order valence-electron chi connectivity index (χ3n) is 4.07. The lowest BCUT2D eigenvalue weighted by Crippen LogP contribution is -2.40. The summed E-state index contributed by atoms with van der Waals surface area (Å²) in [5.74, 6) is 0.538. The van der Waals surface area contributed by atoms with Gasteiger partial charge in [0.05, 0.1) is 15.3 Å². The SMILES string of the molecule is CC(C)(C)OC(=O)N1CCCCCC1c1nc2cc(Br)sc2c(=O)[nH]1. The topological polar surface area (TPSA) is 75.3 Å². The molecular weight excluding hydrogens is 406 g/mol. The van der Waals surface area contributed by atoms with Gasteiger partial charge in [-0.1, -0.05) is 12.8 Å². The molecule has 0 saturated carbocycles. The van der Waals surface area contributed by atoms with Crippen molar-refractivity contribution >= 4 is 43.6 Å². The monoisotopic (exact) mass is 427 g/mol. The largest absolute Gasteiger partial charge is 0.444 e. The summed E-state index contributed by atoms with van der Waals surface area (Å²) in [5.41, 5.74) is -0.0650. The molecule has 25 heavy (non-hydrogen) atoms. The molecule has 0 spiro atoms. The number of nitrogens with zero attached hydrogens (tertiary/aromatic N) is 2. The number of nitrogens with one attached hydrogen (secondary N) is 1. The standard InChI is InChI=1S/C17H22BrN3O3S/c1-17(2,3)24-16(23)21-8-6-4-5-7-11(21)14-19-10-9-12(18)25-13(10)15(22)20-14/h9,11H,4-8H2,1-3H3,(H,19,20,22). The average Bonchev–Trinajstić information content (AvgIpc) is 2.72. The van der Waals surface area contributed by atoms with Gasteiger partial charge >= 0.3 is 6.09 Å². The van der Waals surface area contributed by atoms with E-state index >= 15 is 0 Å². The van der Waals surface area contributed by atoms with E-state index in [0.29, 0.717) is 22.6 Å². The van der Waals surface area contributed by atoms with Gasteiger partial charge in [0.1, 0.15) is 16.1 Å². The highest BCUT2D eigenvalue weighted by Crippen LogP contribution is 2.31. The summed E-state index contributed by atoms with van der Waals surface area (Å²) < 4.78 is 7.02. The van der Waals surface area contributed by atoms with E-state index in [1.165, 1.54) is 11.3 Å². The number of thiophene rings is 1. The van der Waals surface area contributed by atoms with E-state index in [9.17, 15) is 9.59 Å². The van der Waals surface area contributed by atoms with Gasteiger partial charge in [-0.05, 0) is 55.6 Å². The number of rotatable bonds is 1. The Hall–Kier alpha value is -1.41. The van der Waals surface area contributed by atoms with E-state index in [0.717, 1.165) is 29.5 Å². The lowest BCUT2D eigenvalue weighted by atomic mass is 10.1. The van der Waals surface area contributed by atoms with E-state index in [1.54, 1.807) is 4.90 Å². The van der Waals surface area contributed by atoms with Crippen LogP contribution in [0.15, 0.2) is 14.6 Å². The third kappa shape index (κ3) is 4.23. The first-order valence-electron chi connectivity index (χ1n) is 8.43. The van der Waals surface area contributed by atoms with Crippen molar-refractivity contribution < 1.29 is 9.53 Å². The van der Waals surface area contributed by atoms with Gasteiger partial charge in [0, 0.05) is 6.54 Å². The predicted molar refractivity (Wildman–Crippen MR) is 102 cm³/mol. The Balaban J connectivity index is 1.99. The summed E-state index contributed by atoms with van der Waals surface area (Å²) in [5, 5.41) is 0. The number of H-pyrrole nitrogens is 1. The summed E-state index contributed by atoms with van der Waals surface area (Å²) in [6, 6.07) is 1.57. The molecule has 0 aliphatic carbocycles. The molecule has 1 fully saturated rings. The van der Waals surface area contributed by atoms with E-state index < -0.39 is 5.60 Å². The van der Waals surface area contributed by atoms with Crippen molar-refractivity contribution in [2.24, 2.45) is 0 Å². The Morgan fingerprint density at radius 2 is 2.16 bits per heavy atom. The molecule has 6 nitrogen and oxygen atoms in total. The molecule has 1 atom stereocenters. The normalized spacial score (nSPS) is 19.0. The van der Waals surface area contributed by atoms with Crippen LogP contribution in [-0.4, -0.2) is 33.1 Å². The highest BCUT2D eigenvalue weighted by Gasteiger charge is 2.32. The number of hydrogen-bond donors (Lipinski definition) is 1. The molecule has 1 N–H and O–H groups in total. The van der Waals surface area contributed by atoms with Gasteiger partial charge in [0.2, 0.25) is 0 Å². The first kappa shape index (κ1) is 18.4. The van der Waals surface area contributed by atoms with E-state index in [-0.39, 0.29) is 17.7 Å². The fraction of sp³-hybridized carbons (Fsp3) is 0.588. The highest BCUT2D eigenvalue weighted by atomic mass is 79.9. The maximum atomic E-state index is 12.7. The fourth-order valence-corrected chi connectivity index (χ4v) is 4.44. The van der Waals surface area contributed by atoms with Crippen molar-refractivity contribution in [2.45, 2.75) is 58.1 Å². The molecule has 8 heteroatoms. The van der Waals surface area contributed by atoms with Gasteiger partial charge in [0.25, 0.3) is 5.56 Å². The van der Waals surface area contributed by atoms with Crippen LogP contribution in [0.3, 0.4) is 0 Å². The molecule has 1 aliphatic rings. The van der Waals surface area contributed by atoms with Crippen LogP contribution in [0.25, 0.3) is 10.2 Å². The minimum atomic E-state index is -0.559. The van der Waals surface area contributed by atoms with Crippen LogP contribution < -0.4 is 5.56 Å². The molecule has 1 amide bonds. The number of carbonyl (C=O) groups excluding carboxylic acids is 1. The minimum Gasteiger partial charge on any atom is -0.444 e. The van der Waals surface area contributed by atoms with Gasteiger partial charge in [-0.3, -0.25) is 9.69 Å². The van der Waals surface area contributed by atoms with Crippen LogP contribution in [0.5, 0.6) is 0 Å². The van der Waals surface area contributed by atoms with Crippen LogP contribution in [0, 0.1) is 0 Å². The summed E-state index contributed by atoms with van der Waals surface area (Å²) in [6.45, 7) is 6.17. The van der Waals surface area contributed by atoms with Crippen molar-refractivity contribution in [2.75, 3.05) is 6.54 Å². The van der Waals surface area contributed by atoms with Crippen molar-refractivity contribution in [3.8, 4) is 0 Å². The molecule has 2 aromatic rings. The van der Waals surface area contributed by atoms with Crippen molar-refractivity contribution in [3.63, 3.8) is 0 Å². The molecule has 136 valence electrons. The number of likely N-dealkylation sites (tertiary alicyclic amines) is 1. The van der Waals surface area contributed by atoms with Gasteiger partial charge in [-0.15, -0.1) is 11.3 Å². The minimum absolute atomic E-state index is 0.163. The smallest absolute Gasteiger partial charge is 0.410 e. The highest BCUT2D eigenvalue weighted by molar-refractivity contribution is 9.11. The number of aromatic amines is 1. The number of halogens is 1. The van der Waals surface area contributed by atoms with Gasteiger partial charge in [0.15, 0.2) is 0 Å². The molecule has 3 rings (SSSR count). The van der Waals surface area contributed by atoms with Crippen molar-refractivity contribution in [3.05, 3.63) is 26.0 Å². The second kappa shape index (κ2) is 7.07. The van der Waals surface area contributed by atoms with Gasteiger partial charge < -0.3 is 9.72 Å². The Bertz CT molecular complexity index is 840. The molecule has 0 radical (unpaired) electrons. The number of ether oxygens (including phenoxy) is 1. The lowest BCUT2D eigenvalue weighted by molar-refractivity contribution is 0.0155. The first-order chi connectivity index (χ1) is 11.7. The molecule has 1 saturated heterocycles. The van der Waals surface area contributed by atoms with E-state index in [4.69, 9.17) is 4.74 Å². The second-order valence-corrected chi connectivity index (χ2v) is 9.69. The summed E-state index contributed by atoms with van der Waals surface area (Å²) in [4.78, 5) is 34.3. The molecular formula is C17H22BrN3O3S. The Kier molecular flexibility index (Phi) is 5.20. The van der Waals surface area contributed by atoms with E-state index in [1.807, 2.05) is 26.8 Å². The maximum absolute atomic E-state index is 12.7. The molecule has 2 aromatic heterocycles. The Morgan fingerprint density at radius 3 is 2.88 bits per heavy atom.